The minimum Gasteiger partial charge on any atom is -0.497 e. The summed E-state index contributed by atoms with van der Waals surface area (Å²) in [6.45, 7) is 2.84. The van der Waals surface area contributed by atoms with E-state index in [-0.39, 0.29) is 6.23 Å². The van der Waals surface area contributed by atoms with E-state index < -0.39 is 0 Å². The third kappa shape index (κ3) is 3.57. The third-order valence-corrected chi connectivity index (χ3v) is 4.21. The van der Waals surface area contributed by atoms with Crippen molar-refractivity contribution in [3.63, 3.8) is 0 Å². The highest BCUT2D eigenvalue weighted by atomic mass is 16.5. The minimum atomic E-state index is -0.191. The van der Waals surface area contributed by atoms with Gasteiger partial charge in [0.15, 0.2) is 6.23 Å². The monoisotopic (exact) mass is 340 g/mol. The number of aromatic nitrogens is 3. The van der Waals surface area contributed by atoms with Crippen LogP contribution in [0.3, 0.4) is 0 Å². The Morgan fingerprint density at radius 1 is 1.24 bits per heavy atom. The van der Waals surface area contributed by atoms with Crippen LogP contribution in [0.5, 0.6) is 5.75 Å². The van der Waals surface area contributed by atoms with E-state index in [4.69, 9.17) is 13.9 Å². The first kappa shape index (κ1) is 15.9. The van der Waals surface area contributed by atoms with E-state index in [1.165, 1.54) is 0 Å². The summed E-state index contributed by atoms with van der Waals surface area (Å²) in [4.78, 5) is 2.19. The number of rotatable bonds is 6. The van der Waals surface area contributed by atoms with Crippen molar-refractivity contribution in [2.24, 2.45) is 0 Å². The Bertz CT molecular complexity index is 815. The predicted octanol–water partition coefficient (Wildman–Crippen LogP) is 2.46. The lowest BCUT2D eigenvalue weighted by Crippen LogP contribution is -2.23. The van der Waals surface area contributed by atoms with Crippen molar-refractivity contribution >= 4 is 0 Å². The predicted molar refractivity (Wildman–Crippen MR) is 89.9 cm³/mol. The van der Waals surface area contributed by atoms with Gasteiger partial charge in [0.1, 0.15) is 17.2 Å². The molecule has 7 heteroatoms. The van der Waals surface area contributed by atoms with Crippen molar-refractivity contribution in [3.05, 3.63) is 65.9 Å². The van der Waals surface area contributed by atoms with Crippen LogP contribution in [0.4, 0.5) is 0 Å². The standard InChI is InChI=1S/C18H20N4O3/c1-23-15-5-2-4-14(10-15)11-22-13-17(19-20-22)18-21(7-9-25-18)12-16-6-3-8-24-16/h2-6,8,10,13,18H,7,9,11-12H2,1H3. The number of furan rings is 1. The van der Waals surface area contributed by atoms with E-state index >= 15 is 0 Å². The van der Waals surface area contributed by atoms with E-state index in [1.54, 1.807) is 13.4 Å². The normalized spacial score (nSPS) is 17.9. The molecule has 2 aromatic heterocycles. The average Bonchev–Trinajstić information content (AvgIpc) is 3.37. The van der Waals surface area contributed by atoms with Gasteiger partial charge in [0.2, 0.25) is 0 Å². The van der Waals surface area contributed by atoms with Gasteiger partial charge in [0.25, 0.3) is 0 Å². The van der Waals surface area contributed by atoms with Crippen LogP contribution in [0.2, 0.25) is 0 Å². The van der Waals surface area contributed by atoms with Gasteiger partial charge in [0.05, 0.1) is 39.3 Å². The number of ether oxygens (including phenoxy) is 2. The summed E-state index contributed by atoms with van der Waals surface area (Å²) in [7, 11) is 1.66. The van der Waals surface area contributed by atoms with Crippen LogP contribution in [-0.2, 0) is 17.8 Å². The molecule has 1 aliphatic heterocycles. The Balaban J connectivity index is 1.46. The lowest BCUT2D eigenvalue weighted by atomic mass is 10.2. The number of methoxy groups -OCH3 is 1. The van der Waals surface area contributed by atoms with Gasteiger partial charge in [-0.25, -0.2) is 4.68 Å². The molecule has 130 valence electrons. The minimum absolute atomic E-state index is 0.191. The molecule has 3 aromatic rings. The SMILES string of the molecule is COc1cccc(Cn2cc(C3OCCN3Cc3ccco3)nn2)c1. The zero-order valence-corrected chi connectivity index (χ0v) is 14.0. The molecule has 0 bridgehead atoms. The second-order valence-electron chi connectivity index (χ2n) is 5.97. The van der Waals surface area contributed by atoms with Crippen LogP contribution in [0.1, 0.15) is 23.2 Å². The maximum atomic E-state index is 5.85. The summed E-state index contributed by atoms with van der Waals surface area (Å²) in [6.07, 6.45) is 3.43. The first-order valence-corrected chi connectivity index (χ1v) is 8.23. The molecule has 0 saturated carbocycles. The molecule has 1 fully saturated rings. The molecular weight excluding hydrogens is 320 g/mol. The molecule has 0 N–H and O–H groups in total. The zero-order valence-electron chi connectivity index (χ0n) is 14.0. The molecule has 4 rings (SSSR count). The molecular formula is C18H20N4O3. The smallest absolute Gasteiger partial charge is 0.157 e. The second-order valence-corrected chi connectivity index (χ2v) is 5.97. The first-order valence-electron chi connectivity index (χ1n) is 8.23. The van der Waals surface area contributed by atoms with Crippen molar-refractivity contribution in [2.45, 2.75) is 19.3 Å². The summed E-state index contributed by atoms with van der Waals surface area (Å²) in [5.74, 6) is 1.75. The van der Waals surface area contributed by atoms with Crippen molar-refractivity contribution in [1.29, 1.82) is 0 Å². The van der Waals surface area contributed by atoms with Gasteiger partial charge in [-0.2, -0.15) is 0 Å². The number of hydrogen-bond donors (Lipinski definition) is 0. The fourth-order valence-corrected chi connectivity index (χ4v) is 3.00. The van der Waals surface area contributed by atoms with Crippen LogP contribution in [0.25, 0.3) is 0 Å². The summed E-state index contributed by atoms with van der Waals surface area (Å²) in [5, 5.41) is 8.54. The third-order valence-electron chi connectivity index (χ3n) is 4.21. The average molecular weight is 340 g/mol. The second kappa shape index (κ2) is 7.08. The highest BCUT2D eigenvalue weighted by Crippen LogP contribution is 2.27. The molecule has 7 nitrogen and oxygen atoms in total. The molecule has 1 aromatic carbocycles. The van der Waals surface area contributed by atoms with Crippen molar-refractivity contribution in [2.75, 3.05) is 20.3 Å². The molecule has 25 heavy (non-hydrogen) atoms. The Kier molecular flexibility index (Phi) is 4.49. The Morgan fingerprint density at radius 2 is 2.20 bits per heavy atom. The molecule has 0 amide bonds. The maximum Gasteiger partial charge on any atom is 0.157 e. The highest BCUT2D eigenvalue weighted by Gasteiger charge is 2.30. The first-order chi connectivity index (χ1) is 12.3. The van der Waals surface area contributed by atoms with E-state index in [0.717, 1.165) is 29.3 Å². The molecule has 1 aliphatic rings. The quantitative estimate of drug-likeness (QED) is 0.687. The van der Waals surface area contributed by atoms with Crippen molar-refractivity contribution in [3.8, 4) is 5.75 Å². The van der Waals surface area contributed by atoms with Gasteiger partial charge in [-0.3, -0.25) is 4.90 Å². The molecule has 3 heterocycles. The molecule has 0 spiro atoms. The van der Waals surface area contributed by atoms with Crippen molar-refractivity contribution < 1.29 is 13.9 Å². The van der Waals surface area contributed by atoms with Gasteiger partial charge in [-0.15, -0.1) is 5.10 Å². The van der Waals surface area contributed by atoms with Crippen LogP contribution in [0, 0.1) is 0 Å². The van der Waals surface area contributed by atoms with Gasteiger partial charge < -0.3 is 13.9 Å². The summed E-state index contributed by atoms with van der Waals surface area (Å²) in [5.41, 5.74) is 1.92. The summed E-state index contributed by atoms with van der Waals surface area (Å²) in [6, 6.07) is 11.8. The largest absolute Gasteiger partial charge is 0.497 e. The zero-order chi connectivity index (χ0) is 17.1. The Labute approximate surface area is 145 Å². The van der Waals surface area contributed by atoms with Crippen LogP contribution in [-0.4, -0.2) is 40.2 Å². The van der Waals surface area contributed by atoms with Crippen molar-refractivity contribution in [1.82, 2.24) is 19.9 Å². The van der Waals surface area contributed by atoms with Gasteiger partial charge >= 0.3 is 0 Å². The van der Waals surface area contributed by atoms with Gasteiger partial charge in [-0.05, 0) is 29.8 Å². The van der Waals surface area contributed by atoms with E-state index in [2.05, 4.69) is 15.2 Å². The molecule has 1 unspecified atom stereocenters. The molecule has 0 radical (unpaired) electrons. The van der Waals surface area contributed by atoms with Crippen LogP contribution >= 0.6 is 0 Å². The molecule has 1 atom stereocenters. The lowest BCUT2D eigenvalue weighted by molar-refractivity contribution is 0.0223. The maximum absolute atomic E-state index is 5.85. The Hall–Kier alpha value is -2.64. The lowest BCUT2D eigenvalue weighted by Gasteiger charge is -2.19. The van der Waals surface area contributed by atoms with E-state index in [9.17, 15) is 0 Å². The topological polar surface area (TPSA) is 65.6 Å². The highest BCUT2D eigenvalue weighted by molar-refractivity contribution is 5.28. The number of benzene rings is 1. The summed E-state index contributed by atoms with van der Waals surface area (Å²) < 4.78 is 18.4. The fraction of sp³-hybridized carbons (Fsp3) is 0.333. The molecule has 0 aliphatic carbocycles. The molecule has 1 saturated heterocycles. The van der Waals surface area contributed by atoms with Gasteiger partial charge in [-0.1, -0.05) is 17.3 Å². The number of hydrogen-bond acceptors (Lipinski definition) is 6. The van der Waals surface area contributed by atoms with E-state index in [1.807, 2.05) is 47.3 Å². The number of nitrogens with zero attached hydrogens (tertiary/aromatic N) is 4. The Morgan fingerprint density at radius 3 is 3.04 bits per heavy atom. The van der Waals surface area contributed by atoms with Crippen LogP contribution < -0.4 is 4.74 Å². The fourth-order valence-electron chi connectivity index (χ4n) is 3.00. The van der Waals surface area contributed by atoms with Crippen LogP contribution in [0.15, 0.2) is 53.3 Å². The van der Waals surface area contributed by atoms with Gasteiger partial charge in [0, 0.05) is 6.54 Å². The van der Waals surface area contributed by atoms with E-state index in [0.29, 0.717) is 19.7 Å². The summed E-state index contributed by atoms with van der Waals surface area (Å²) >= 11 is 0.